The molecule has 4 rings (SSSR count). The number of nitrogens with one attached hydrogen (secondary N) is 1. The van der Waals surface area contributed by atoms with Gasteiger partial charge >= 0.3 is 0 Å². The number of carbonyl (C=O) groups excluding carboxylic acids is 2. The predicted molar refractivity (Wildman–Crippen MR) is 101 cm³/mol. The third-order valence-corrected chi connectivity index (χ3v) is 5.07. The summed E-state index contributed by atoms with van der Waals surface area (Å²) in [5.41, 5.74) is 2.99. The number of hydrogen-bond acceptors (Lipinski definition) is 4. The monoisotopic (exact) mass is 366 g/mol. The summed E-state index contributed by atoms with van der Waals surface area (Å²) in [4.78, 5) is 26.9. The summed E-state index contributed by atoms with van der Waals surface area (Å²) in [6.07, 6.45) is 0.0931. The maximum Gasteiger partial charge on any atom is 0.262 e. The predicted octanol–water partition coefficient (Wildman–Crippen LogP) is 2.23. The van der Waals surface area contributed by atoms with E-state index >= 15 is 0 Å². The van der Waals surface area contributed by atoms with Crippen LogP contribution in [-0.2, 0) is 20.7 Å². The minimum Gasteiger partial charge on any atom is -0.477 e. The van der Waals surface area contributed by atoms with Crippen LogP contribution in [0.2, 0.25) is 0 Å². The number of nitrogens with zero attached hydrogens (tertiary/aromatic N) is 1. The molecular formula is C21H22N2O4. The van der Waals surface area contributed by atoms with E-state index in [2.05, 4.69) is 11.4 Å². The van der Waals surface area contributed by atoms with Crippen molar-refractivity contribution >= 4 is 17.5 Å². The topological polar surface area (TPSA) is 67.9 Å². The number of para-hydroxylation sites is 2. The fourth-order valence-corrected chi connectivity index (χ4v) is 3.68. The lowest BCUT2D eigenvalue weighted by atomic mass is 9.95. The molecule has 2 atom stereocenters. The Morgan fingerprint density at radius 1 is 1.15 bits per heavy atom. The fraction of sp³-hybridized carbons (Fsp3) is 0.333. The Labute approximate surface area is 158 Å². The third-order valence-electron chi connectivity index (χ3n) is 5.07. The normalized spacial score (nSPS) is 20.9. The lowest BCUT2D eigenvalue weighted by Gasteiger charge is -2.35. The first kappa shape index (κ1) is 17.5. The van der Waals surface area contributed by atoms with Crippen LogP contribution in [0, 0.1) is 0 Å². The van der Waals surface area contributed by atoms with E-state index in [1.807, 2.05) is 36.4 Å². The van der Waals surface area contributed by atoms with Crippen molar-refractivity contribution in [3.63, 3.8) is 0 Å². The Morgan fingerprint density at radius 2 is 1.93 bits per heavy atom. The molecule has 0 radical (unpaired) electrons. The third kappa shape index (κ3) is 3.40. The van der Waals surface area contributed by atoms with Gasteiger partial charge in [-0.05, 0) is 29.7 Å². The molecule has 0 bridgehead atoms. The van der Waals surface area contributed by atoms with E-state index in [0.717, 1.165) is 12.0 Å². The highest BCUT2D eigenvalue weighted by molar-refractivity contribution is 5.97. The van der Waals surface area contributed by atoms with Crippen LogP contribution >= 0.6 is 0 Å². The van der Waals surface area contributed by atoms with Crippen molar-refractivity contribution in [2.75, 3.05) is 25.1 Å². The Bertz CT molecular complexity index is 867. The molecular weight excluding hydrogens is 344 g/mol. The molecule has 0 aliphatic carbocycles. The second-order valence-electron chi connectivity index (χ2n) is 6.71. The van der Waals surface area contributed by atoms with Crippen LogP contribution in [0.15, 0.2) is 48.5 Å². The van der Waals surface area contributed by atoms with E-state index < -0.39 is 6.10 Å². The minimum atomic E-state index is -0.728. The van der Waals surface area contributed by atoms with Gasteiger partial charge in [0.25, 0.3) is 5.91 Å². The first-order valence-electron chi connectivity index (χ1n) is 9.14. The van der Waals surface area contributed by atoms with Crippen LogP contribution in [0.3, 0.4) is 0 Å². The molecule has 0 spiro atoms. The minimum absolute atomic E-state index is 0.0821. The molecule has 2 aliphatic rings. The standard InChI is InChI=1S/C21H22N2O4/c1-22-21(25)19-13-23(16-8-4-5-9-17(16)27-19)20(24)12-18-15-7-3-2-6-14(15)10-11-26-18/h2-9,18-19H,10-13H2,1H3,(H,22,25). The number of hydrogen-bond donors (Lipinski definition) is 1. The first-order valence-corrected chi connectivity index (χ1v) is 9.14. The summed E-state index contributed by atoms with van der Waals surface area (Å²) >= 11 is 0. The number of amides is 2. The Hall–Kier alpha value is -2.86. The summed E-state index contributed by atoms with van der Waals surface area (Å²) < 4.78 is 11.7. The van der Waals surface area contributed by atoms with Gasteiger partial charge in [-0.1, -0.05) is 36.4 Å². The van der Waals surface area contributed by atoms with Gasteiger partial charge < -0.3 is 19.7 Å². The summed E-state index contributed by atoms with van der Waals surface area (Å²) in [6.45, 7) is 0.791. The van der Waals surface area contributed by atoms with Crippen LogP contribution in [0.4, 0.5) is 5.69 Å². The molecule has 27 heavy (non-hydrogen) atoms. The first-order chi connectivity index (χ1) is 13.2. The molecule has 2 aromatic carbocycles. The zero-order valence-corrected chi connectivity index (χ0v) is 15.2. The fourth-order valence-electron chi connectivity index (χ4n) is 3.68. The Balaban J connectivity index is 1.59. The molecule has 2 aromatic rings. The Morgan fingerprint density at radius 3 is 2.78 bits per heavy atom. The quantitative estimate of drug-likeness (QED) is 0.905. The van der Waals surface area contributed by atoms with Crippen LogP contribution in [-0.4, -0.2) is 38.1 Å². The molecule has 0 fully saturated rings. The molecule has 2 amide bonds. The van der Waals surface area contributed by atoms with Gasteiger partial charge in [-0.25, -0.2) is 0 Å². The zero-order valence-electron chi connectivity index (χ0n) is 15.2. The number of rotatable bonds is 3. The Kier molecular flexibility index (Phi) is 4.81. The molecule has 2 unspecified atom stereocenters. The highest BCUT2D eigenvalue weighted by atomic mass is 16.5. The van der Waals surface area contributed by atoms with Crippen LogP contribution < -0.4 is 15.0 Å². The number of anilines is 1. The lowest BCUT2D eigenvalue weighted by molar-refractivity contribution is -0.128. The second-order valence-corrected chi connectivity index (χ2v) is 6.71. The van der Waals surface area contributed by atoms with Crippen molar-refractivity contribution < 1.29 is 19.1 Å². The van der Waals surface area contributed by atoms with E-state index in [4.69, 9.17) is 9.47 Å². The maximum absolute atomic E-state index is 13.2. The molecule has 0 aromatic heterocycles. The van der Waals surface area contributed by atoms with Crippen molar-refractivity contribution in [1.82, 2.24) is 5.32 Å². The van der Waals surface area contributed by atoms with Gasteiger partial charge in [-0.2, -0.15) is 0 Å². The van der Waals surface area contributed by atoms with Gasteiger partial charge in [0.2, 0.25) is 5.91 Å². The summed E-state index contributed by atoms with van der Waals surface area (Å²) in [7, 11) is 1.56. The average Bonchev–Trinajstić information content (AvgIpc) is 2.72. The van der Waals surface area contributed by atoms with Crippen LogP contribution in [0.25, 0.3) is 0 Å². The number of fused-ring (bicyclic) bond motifs is 2. The number of ether oxygens (including phenoxy) is 2. The summed E-state index contributed by atoms with van der Waals surface area (Å²) in [6, 6.07) is 15.4. The van der Waals surface area contributed by atoms with Crippen molar-refractivity contribution in [2.24, 2.45) is 0 Å². The van der Waals surface area contributed by atoms with Crippen molar-refractivity contribution in [1.29, 1.82) is 0 Å². The van der Waals surface area contributed by atoms with Gasteiger partial charge in [-0.15, -0.1) is 0 Å². The van der Waals surface area contributed by atoms with Gasteiger partial charge in [-0.3, -0.25) is 9.59 Å². The molecule has 6 nitrogen and oxygen atoms in total. The molecule has 140 valence electrons. The van der Waals surface area contributed by atoms with Gasteiger partial charge in [0, 0.05) is 7.05 Å². The van der Waals surface area contributed by atoms with E-state index in [-0.39, 0.29) is 30.9 Å². The molecule has 2 heterocycles. The maximum atomic E-state index is 13.2. The van der Waals surface area contributed by atoms with E-state index in [9.17, 15) is 9.59 Å². The van der Waals surface area contributed by atoms with Crippen molar-refractivity contribution in [3.8, 4) is 5.75 Å². The molecule has 0 saturated carbocycles. The average molecular weight is 366 g/mol. The molecule has 1 N–H and O–H groups in total. The highest BCUT2D eigenvalue weighted by Gasteiger charge is 2.35. The number of carbonyl (C=O) groups is 2. The smallest absolute Gasteiger partial charge is 0.262 e. The SMILES string of the molecule is CNC(=O)C1CN(C(=O)CC2OCCc3ccccc32)c2ccccc2O1. The lowest BCUT2D eigenvalue weighted by Crippen LogP contribution is -2.50. The molecule has 6 heteroatoms. The van der Waals surface area contributed by atoms with E-state index in [0.29, 0.717) is 18.0 Å². The summed E-state index contributed by atoms with van der Waals surface area (Å²) in [5, 5.41) is 2.59. The van der Waals surface area contributed by atoms with Gasteiger partial charge in [0.1, 0.15) is 5.75 Å². The van der Waals surface area contributed by atoms with Gasteiger partial charge in [0.15, 0.2) is 6.10 Å². The van der Waals surface area contributed by atoms with Crippen LogP contribution in [0.1, 0.15) is 23.7 Å². The second kappa shape index (κ2) is 7.40. The number of likely N-dealkylation sites (N-methyl/N-ethyl adjacent to an activating group) is 1. The molecule has 0 saturated heterocycles. The van der Waals surface area contributed by atoms with Crippen molar-refractivity contribution in [3.05, 3.63) is 59.7 Å². The highest BCUT2D eigenvalue weighted by Crippen LogP contribution is 2.36. The van der Waals surface area contributed by atoms with E-state index in [1.165, 1.54) is 5.56 Å². The van der Waals surface area contributed by atoms with Crippen LogP contribution in [0.5, 0.6) is 5.75 Å². The van der Waals surface area contributed by atoms with Gasteiger partial charge in [0.05, 0.1) is 31.4 Å². The van der Waals surface area contributed by atoms with E-state index in [1.54, 1.807) is 18.0 Å². The number of benzene rings is 2. The molecule has 2 aliphatic heterocycles. The zero-order chi connectivity index (χ0) is 18.8. The van der Waals surface area contributed by atoms with Crippen molar-refractivity contribution in [2.45, 2.75) is 25.0 Å². The summed E-state index contributed by atoms with van der Waals surface area (Å²) in [5.74, 6) is 0.207. The largest absolute Gasteiger partial charge is 0.477 e.